The smallest absolute Gasteiger partial charge is 0.0883 e. The van der Waals surface area contributed by atoms with Crippen molar-refractivity contribution in [1.29, 1.82) is 0 Å². The second-order valence-electron chi connectivity index (χ2n) is 6.92. The second kappa shape index (κ2) is 4.62. The molecule has 0 atom stereocenters. The highest BCUT2D eigenvalue weighted by Crippen LogP contribution is 2.32. The zero-order chi connectivity index (χ0) is 14.4. The van der Waals surface area contributed by atoms with Crippen molar-refractivity contribution in [3.8, 4) is 0 Å². The fourth-order valence-corrected chi connectivity index (χ4v) is 2.55. The predicted molar refractivity (Wildman–Crippen MR) is 79.9 cm³/mol. The lowest BCUT2D eigenvalue weighted by Crippen LogP contribution is -2.23. The fourth-order valence-electron chi connectivity index (χ4n) is 2.55. The van der Waals surface area contributed by atoms with E-state index < -0.39 is 0 Å². The van der Waals surface area contributed by atoms with Crippen molar-refractivity contribution < 1.29 is 0 Å². The van der Waals surface area contributed by atoms with E-state index in [0.29, 0.717) is 11.8 Å². The molecule has 3 nitrogen and oxygen atoms in total. The van der Waals surface area contributed by atoms with Crippen LogP contribution in [-0.4, -0.2) is 14.6 Å². The summed E-state index contributed by atoms with van der Waals surface area (Å²) in [6.45, 7) is 15.5. The SMILES string of the molecule is CC(C)c1nc(C(C)C)c2ccnn2c1C(C)(C)C. The van der Waals surface area contributed by atoms with Gasteiger partial charge in [0.25, 0.3) is 0 Å². The van der Waals surface area contributed by atoms with Crippen molar-refractivity contribution in [2.75, 3.05) is 0 Å². The zero-order valence-electron chi connectivity index (χ0n) is 13.2. The molecular formula is C16H25N3. The highest BCUT2D eigenvalue weighted by molar-refractivity contribution is 5.54. The van der Waals surface area contributed by atoms with Gasteiger partial charge in [0, 0.05) is 5.41 Å². The lowest BCUT2D eigenvalue weighted by molar-refractivity contribution is 0.524. The van der Waals surface area contributed by atoms with E-state index in [4.69, 9.17) is 4.98 Å². The van der Waals surface area contributed by atoms with Crippen LogP contribution in [0.1, 0.15) is 77.4 Å². The second-order valence-corrected chi connectivity index (χ2v) is 6.92. The Labute approximate surface area is 116 Å². The van der Waals surface area contributed by atoms with Crippen LogP contribution in [0, 0.1) is 0 Å². The third kappa shape index (κ3) is 2.38. The van der Waals surface area contributed by atoms with Gasteiger partial charge in [-0.15, -0.1) is 0 Å². The Balaban J connectivity index is 2.89. The van der Waals surface area contributed by atoms with Gasteiger partial charge in [-0.2, -0.15) is 5.10 Å². The first-order valence-corrected chi connectivity index (χ1v) is 7.11. The van der Waals surface area contributed by atoms with Gasteiger partial charge >= 0.3 is 0 Å². The maximum absolute atomic E-state index is 4.98. The average Bonchev–Trinajstić information content (AvgIpc) is 2.72. The molecule has 0 aromatic carbocycles. The van der Waals surface area contributed by atoms with E-state index in [1.165, 1.54) is 11.4 Å². The van der Waals surface area contributed by atoms with Crippen LogP contribution in [0.15, 0.2) is 12.3 Å². The Kier molecular flexibility index (Phi) is 3.41. The minimum atomic E-state index is 0.0341. The quantitative estimate of drug-likeness (QED) is 0.806. The van der Waals surface area contributed by atoms with Gasteiger partial charge in [-0.3, -0.25) is 4.98 Å². The number of rotatable bonds is 2. The summed E-state index contributed by atoms with van der Waals surface area (Å²) in [6, 6.07) is 2.07. The van der Waals surface area contributed by atoms with Gasteiger partial charge in [0.15, 0.2) is 0 Å². The standard InChI is InChI=1S/C16H25N3/c1-10(2)13-12-8-9-17-19(12)15(16(5,6)7)14(18-13)11(3)4/h8-11H,1-7H3. The summed E-state index contributed by atoms with van der Waals surface area (Å²) >= 11 is 0. The molecule has 0 aliphatic heterocycles. The Hall–Kier alpha value is -1.38. The molecule has 0 radical (unpaired) electrons. The van der Waals surface area contributed by atoms with Crippen LogP contribution in [0.25, 0.3) is 5.52 Å². The monoisotopic (exact) mass is 259 g/mol. The summed E-state index contributed by atoms with van der Waals surface area (Å²) in [7, 11) is 0. The van der Waals surface area contributed by atoms with E-state index >= 15 is 0 Å². The molecule has 0 unspecified atom stereocenters. The molecule has 0 fully saturated rings. The number of hydrogen-bond donors (Lipinski definition) is 0. The molecule has 0 amide bonds. The maximum atomic E-state index is 4.98. The molecule has 2 rings (SSSR count). The highest BCUT2D eigenvalue weighted by atomic mass is 15.2. The Morgan fingerprint density at radius 2 is 1.58 bits per heavy atom. The van der Waals surface area contributed by atoms with Crippen LogP contribution >= 0.6 is 0 Å². The predicted octanol–water partition coefficient (Wildman–Crippen LogP) is 4.27. The minimum absolute atomic E-state index is 0.0341. The van der Waals surface area contributed by atoms with E-state index in [-0.39, 0.29) is 5.41 Å². The molecule has 0 aliphatic rings. The van der Waals surface area contributed by atoms with Gasteiger partial charge < -0.3 is 0 Å². The van der Waals surface area contributed by atoms with Gasteiger partial charge in [0.1, 0.15) is 0 Å². The first kappa shape index (κ1) is 14.0. The Morgan fingerprint density at radius 1 is 1.00 bits per heavy atom. The highest BCUT2D eigenvalue weighted by Gasteiger charge is 2.26. The molecule has 3 heteroatoms. The molecule has 0 spiro atoms. The third-order valence-electron chi connectivity index (χ3n) is 3.40. The Bertz CT molecular complexity index is 586. The van der Waals surface area contributed by atoms with Gasteiger partial charge in [-0.1, -0.05) is 48.5 Å². The minimum Gasteiger partial charge on any atom is -0.253 e. The van der Waals surface area contributed by atoms with Crippen molar-refractivity contribution >= 4 is 5.52 Å². The van der Waals surface area contributed by atoms with Crippen LogP contribution in [0.5, 0.6) is 0 Å². The van der Waals surface area contributed by atoms with Gasteiger partial charge in [-0.05, 0) is 17.9 Å². The molecule has 0 N–H and O–H groups in total. The number of fused-ring (bicyclic) bond motifs is 1. The fraction of sp³-hybridized carbons (Fsp3) is 0.625. The molecule has 0 aliphatic carbocycles. The van der Waals surface area contributed by atoms with Crippen molar-refractivity contribution in [1.82, 2.24) is 14.6 Å². The maximum Gasteiger partial charge on any atom is 0.0883 e. The molecule has 2 aromatic rings. The zero-order valence-corrected chi connectivity index (χ0v) is 13.2. The van der Waals surface area contributed by atoms with E-state index in [1.54, 1.807) is 0 Å². The lowest BCUT2D eigenvalue weighted by Gasteiger charge is -2.26. The molecule has 2 aromatic heterocycles. The lowest BCUT2D eigenvalue weighted by atomic mass is 9.87. The Morgan fingerprint density at radius 3 is 2.05 bits per heavy atom. The van der Waals surface area contributed by atoms with Gasteiger partial charge in [0.2, 0.25) is 0 Å². The molecule has 0 bridgehead atoms. The summed E-state index contributed by atoms with van der Waals surface area (Å²) in [5, 5.41) is 4.55. The summed E-state index contributed by atoms with van der Waals surface area (Å²) < 4.78 is 2.09. The molecular weight excluding hydrogens is 234 g/mol. The van der Waals surface area contributed by atoms with Crippen LogP contribution < -0.4 is 0 Å². The molecule has 0 saturated carbocycles. The summed E-state index contributed by atoms with van der Waals surface area (Å²) in [5.41, 5.74) is 4.73. The van der Waals surface area contributed by atoms with Crippen LogP contribution in [0.3, 0.4) is 0 Å². The van der Waals surface area contributed by atoms with Gasteiger partial charge in [-0.25, -0.2) is 4.52 Å². The molecule has 104 valence electrons. The van der Waals surface area contributed by atoms with Crippen LogP contribution in [0.4, 0.5) is 0 Å². The van der Waals surface area contributed by atoms with Crippen LogP contribution in [0.2, 0.25) is 0 Å². The number of hydrogen-bond acceptors (Lipinski definition) is 2. The van der Waals surface area contributed by atoms with Crippen molar-refractivity contribution in [2.45, 2.75) is 65.7 Å². The van der Waals surface area contributed by atoms with Crippen LogP contribution in [-0.2, 0) is 5.41 Å². The topological polar surface area (TPSA) is 30.2 Å². The van der Waals surface area contributed by atoms with E-state index in [2.05, 4.69) is 64.1 Å². The summed E-state index contributed by atoms with van der Waals surface area (Å²) in [4.78, 5) is 4.98. The largest absolute Gasteiger partial charge is 0.253 e. The first-order valence-electron chi connectivity index (χ1n) is 7.11. The van der Waals surface area contributed by atoms with Crippen molar-refractivity contribution in [3.05, 3.63) is 29.3 Å². The van der Waals surface area contributed by atoms with Crippen molar-refractivity contribution in [2.24, 2.45) is 0 Å². The number of nitrogens with zero attached hydrogens (tertiary/aromatic N) is 3. The molecule has 0 saturated heterocycles. The normalized spacial score (nSPS) is 12.9. The molecule has 19 heavy (non-hydrogen) atoms. The van der Waals surface area contributed by atoms with Crippen molar-refractivity contribution in [3.63, 3.8) is 0 Å². The van der Waals surface area contributed by atoms with E-state index in [9.17, 15) is 0 Å². The summed E-state index contributed by atoms with van der Waals surface area (Å²) in [5.74, 6) is 0.811. The van der Waals surface area contributed by atoms with Gasteiger partial charge in [0.05, 0.1) is 28.8 Å². The van der Waals surface area contributed by atoms with E-state index in [0.717, 1.165) is 11.2 Å². The third-order valence-corrected chi connectivity index (χ3v) is 3.40. The summed E-state index contributed by atoms with van der Waals surface area (Å²) in [6.07, 6.45) is 1.88. The molecule has 2 heterocycles. The first-order chi connectivity index (χ1) is 8.73. The average molecular weight is 259 g/mol. The van der Waals surface area contributed by atoms with E-state index in [1.807, 2.05) is 6.20 Å². The number of aromatic nitrogens is 3.